The summed E-state index contributed by atoms with van der Waals surface area (Å²) in [7, 11) is 5.14. The third-order valence-corrected chi connectivity index (χ3v) is 8.73. The number of hydrogen-bond acceptors (Lipinski definition) is 9. The number of carbonyl (C=O) groups is 2. The molecule has 0 radical (unpaired) electrons. The zero-order chi connectivity index (χ0) is 34.4. The second-order valence-corrected chi connectivity index (χ2v) is 12.0. The molecular formula is C36H43N7O5. The number of imidazole rings is 1. The molecule has 0 aliphatic carbocycles. The van der Waals surface area contributed by atoms with Gasteiger partial charge in [0.1, 0.15) is 23.3 Å². The molecule has 0 saturated carbocycles. The van der Waals surface area contributed by atoms with E-state index in [1.165, 1.54) is 12.0 Å². The first-order chi connectivity index (χ1) is 23.2. The number of allylic oxidation sites excluding steroid dienone is 1. The number of aryl methyl sites for hydroxylation is 1. The lowest BCUT2D eigenvalue weighted by Crippen LogP contribution is -2.44. The highest BCUT2D eigenvalue weighted by Crippen LogP contribution is 2.39. The van der Waals surface area contributed by atoms with Gasteiger partial charge in [0.25, 0.3) is 11.8 Å². The highest BCUT2D eigenvalue weighted by molar-refractivity contribution is 6.15. The fourth-order valence-corrected chi connectivity index (χ4v) is 6.06. The first kappa shape index (κ1) is 34.2. The fraction of sp³-hybridized carbons (Fsp3) is 0.361. The van der Waals surface area contributed by atoms with Crippen LogP contribution in [0.25, 0.3) is 22.2 Å². The molecule has 0 bridgehead atoms. The second kappa shape index (κ2) is 15.2. The molecule has 1 fully saturated rings. The molecule has 1 aromatic heterocycles. The first-order valence-corrected chi connectivity index (χ1v) is 16.0. The van der Waals surface area contributed by atoms with Crippen molar-refractivity contribution in [3.05, 3.63) is 76.7 Å². The topological polar surface area (TPSA) is 160 Å². The van der Waals surface area contributed by atoms with E-state index in [4.69, 9.17) is 20.9 Å². The number of ether oxygens (including phenoxy) is 2. The molecule has 48 heavy (non-hydrogen) atoms. The van der Waals surface area contributed by atoms with Gasteiger partial charge in [-0.3, -0.25) is 9.59 Å². The van der Waals surface area contributed by atoms with Crippen molar-refractivity contribution < 1.29 is 23.9 Å². The van der Waals surface area contributed by atoms with Crippen LogP contribution >= 0.6 is 0 Å². The lowest BCUT2D eigenvalue weighted by Gasteiger charge is -2.34. The highest BCUT2D eigenvalue weighted by Gasteiger charge is 2.28. The summed E-state index contributed by atoms with van der Waals surface area (Å²) in [6.07, 6.45) is 2.11. The van der Waals surface area contributed by atoms with Crippen LogP contribution in [0.3, 0.4) is 0 Å². The van der Waals surface area contributed by atoms with Crippen LogP contribution in [0.15, 0.2) is 54.2 Å². The summed E-state index contributed by atoms with van der Waals surface area (Å²) in [5, 5.41) is 0. The van der Waals surface area contributed by atoms with Gasteiger partial charge in [-0.05, 0) is 69.1 Å². The van der Waals surface area contributed by atoms with Crippen molar-refractivity contribution in [2.75, 3.05) is 58.9 Å². The number of primary amides is 1. The molecule has 3 aromatic carbocycles. The molecule has 1 aliphatic heterocycles. The maximum Gasteiger partial charge on any atom is 0.259 e. The molecule has 12 nitrogen and oxygen atoms in total. The van der Waals surface area contributed by atoms with Gasteiger partial charge in [-0.25, -0.2) is 9.78 Å². The molecule has 5 N–H and O–H groups in total. The number of para-hydroxylation sites is 1. The van der Waals surface area contributed by atoms with Crippen molar-refractivity contribution in [3.8, 4) is 22.6 Å². The number of anilines is 1. The number of fused-ring (bicyclic) bond motifs is 1. The van der Waals surface area contributed by atoms with Crippen molar-refractivity contribution in [2.24, 2.45) is 11.5 Å². The van der Waals surface area contributed by atoms with Crippen LogP contribution < -0.4 is 25.8 Å². The van der Waals surface area contributed by atoms with Gasteiger partial charge in [0.2, 0.25) is 0 Å². The number of H-pyrrole nitrogens is 1. The number of nitrogens with zero attached hydrogens (tertiary/aromatic N) is 4. The molecule has 0 unspecified atom stereocenters. The van der Waals surface area contributed by atoms with E-state index in [0.717, 1.165) is 43.7 Å². The Labute approximate surface area is 280 Å². The van der Waals surface area contributed by atoms with Gasteiger partial charge in [-0.2, -0.15) is 0 Å². The van der Waals surface area contributed by atoms with Crippen LogP contribution in [0.4, 0.5) is 5.69 Å². The van der Waals surface area contributed by atoms with E-state index in [9.17, 15) is 14.4 Å². The Morgan fingerprint density at radius 3 is 2.52 bits per heavy atom. The van der Waals surface area contributed by atoms with E-state index in [1.807, 2.05) is 43.3 Å². The lowest BCUT2D eigenvalue weighted by atomic mass is 9.95. The summed E-state index contributed by atoms with van der Waals surface area (Å²) in [6, 6.07) is 14.5. The third-order valence-electron chi connectivity index (χ3n) is 8.73. The molecule has 0 spiro atoms. The van der Waals surface area contributed by atoms with E-state index in [0.29, 0.717) is 59.1 Å². The Hall–Kier alpha value is -5.16. The third kappa shape index (κ3) is 7.21. The minimum Gasteiger partial charge on any atom is -0.495 e. The van der Waals surface area contributed by atoms with E-state index in [2.05, 4.69) is 32.8 Å². The Balaban J connectivity index is 1.35. The van der Waals surface area contributed by atoms with E-state index in [-0.39, 0.29) is 23.4 Å². The van der Waals surface area contributed by atoms with Crippen molar-refractivity contribution in [1.82, 2.24) is 19.8 Å². The Kier molecular flexibility index (Phi) is 10.8. The van der Waals surface area contributed by atoms with Gasteiger partial charge < -0.3 is 40.6 Å². The largest absolute Gasteiger partial charge is 0.495 e. The van der Waals surface area contributed by atoms with Gasteiger partial charge in [-0.15, -0.1) is 0 Å². The number of likely N-dealkylation sites (N-methyl/N-ethyl adjacent to an activating group) is 1. The second-order valence-electron chi connectivity index (χ2n) is 12.0. The normalized spacial score (nSPS) is 13.3. The summed E-state index contributed by atoms with van der Waals surface area (Å²) in [5.74, 6) is 2.19. The molecule has 12 heteroatoms. The average Bonchev–Trinajstić information content (AvgIpc) is 3.53. The lowest BCUT2D eigenvalue weighted by molar-refractivity contribution is 0.0961. The molecule has 0 atom stereocenters. The molecule has 1 aliphatic rings. The summed E-state index contributed by atoms with van der Waals surface area (Å²) in [5.41, 5.74) is 16.7. The number of carbonyl (C=O) groups excluding carboxylic acids is 3. The molecule has 5 rings (SSSR count). The Morgan fingerprint density at radius 2 is 1.83 bits per heavy atom. The van der Waals surface area contributed by atoms with Crippen LogP contribution in [0.2, 0.25) is 0 Å². The number of aromatic nitrogens is 2. The van der Waals surface area contributed by atoms with E-state index in [1.54, 1.807) is 19.2 Å². The summed E-state index contributed by atoms with van der Waals surface area (Å²) in [4.78, 5) is 52.2. The maximum absolute atomic E-state index is 14.1. The van der Waals surface area contributed by atoms with Crippen LogP contribution in [-0.4, -0.2) is 91.5 Å². The molecule has 252 valence electrons. The molecule has 2 heterocycles. The smallest absolute Gasteiger partial charge is 0.259 e. The van der Waals surface area contributed by atoms with Gasteiger partial charge in [-0.1, -0.05) is 18.2 Å². The number of hydrogen-bond donors (Lipinski definition) is 3. The molecule has 1 saturated heterocycles. The van der Waals surface area contributed by atoms with E-state index >= 15 is 0 Å². The quantitative estimate of drug-likeness (QED) is 0.144. The first-order valence-electron chi connectivity index (χ1n) is 16.0. The predicted octanol–water partition coefficient (Wildman–Crippen LogP) is 3.89. The number of rotatable bonds is 13. The number of aromatic amines is 1. The Bertz CT molecular complexity index is 1850. The van der Waals surface area contributed by atoms with Crippen molar-refractivity contribution in [3.63, 3.8) is 0 Å². The maximum atomic E-state index is 14.1. The van der Waals surface area contributed by atoms with Crippen LogP contribution in [0.5, 0.6) is 11.5 Å². The molecule has 2 amide bonds. The minimum absolute atomic E-state index is 0.0348. The monoisotopic (exact) mass is 653 g/mol. The average molecular weight is 654 g/mol. The highest BCUT2D eigenvalue weighted by atomic mass is 16.5. The number of nitrogens with two attached hydrogens (primary N) is 2. The van der Waals surface area contributed by atoms with Gasteiger partial charge in [0.15, 0.2) is 0 Å². The van der Waals surface area contributed by atoms with E-state index < -0.39 is 11.8 Å². The van der Waals surface area contributed by atoms with Gasteiger partial charge in [0, 0.05) is 44.4 Å². The van der Waals surface area contributed by atoms with Crippen molar-refractivity contribution in [2.45, 2.75) is 32.7 Å². The van der Waals surface area contributed by atoms with Crippen molar-refractivity contribution in [1.29, 1.82) is 0 Å². The number of piperazine rings is 1. The summed E-state index contributed by atoms with van der Waals surface area (Å²) in [6.45, 7) is 6.07. The fourth-order valence-electron chi connectivity index (χ4n) is 6.06. The van der Waals surface area contributed by atoms with Gasteiger partial charge >= 0.3 is 0 Å². The SMILES string of the molecule is COc1c(-c2cccc3[nH]c(CN)nc23)ccc(C(=O)N(C)c2ccc(C)cc2OCCCCC(=C=O)N2CCN(C)CC2)c1C(N)=O. The van der Waals surface area contributed by atoms with Crippen LogP contribution in [0, 0.1) is 6.92 Å². The summed E-state index contributed by atoms with van der Waals surface area (Å²) < 4.78 is 11.9. The standard InChI is InChI=1S/C36H43N7O5/c1-23-11-14-29(30(20-23)48-19-6-5-8-24(22-44)43-17-15-41(2)16-18-43)42(3)36(46)27-13-12-26(34(47-4)32(27)35(38)45)25-9-7-10-28-33(25)40-31(21-37)39-28/h7,9-14,20H,5-6,8,15-19,21,37H2,1-4H3,(H2,38,45)(H,39,40). The number of nitrogens with one attached hydrogen (secondary N) is 1. The number of methoxy groups -OCH3 is 1. The predicted molar refractivity (Wildman–Crippen MR) is 186 cm³/mol. The zero-order valence-corrected chi connectivity index (χ0v) is 28.0. The van der Waals surface area contributed by atoms with Crippen molar-refractivity contribution >= 4 is 34.5 Å². The Morgan fingerprint density at radius 1 is 1.06 bits per heavy atom. The van der Waals surface area contributed by atoms with Crippen LogP contribution in [-0.2, 0) is 11.3 Å². The minimum atomic E-state index is -0.803. The number of benzene rings is 3. The number of amides is 2. The van der Waals surface area contributed by atoms with Crippen LogP contribution in [0.1, 0.15) is 51.4 Å². The zero-order valence-electron chi connectivity index (χ0n) is 28.0. The molecule has 4 aromatic rings. The number of unbranched alkanes of at least 4 members (excludes halogenated alkanes) is 1. The van der Waals surface area contributed by atoms with Gasteiger partial charge in [0.05, 0.1) is 53.8 Å². The molecular weight excluding hydrogens is 610 g/mol. The summed E-state index contributed by atoms with van der Waals surface area (Å²) >= 11 is 0.